The molecule has 0 fully saturated rings. The van der Waals surface area contributed by atoms with Gasteiger partial charge in [0, 0.05) is 36.1 Å². The van der Waals surface area contributed by atoms with Crippen LogP contribution in [0.15, 0.2) is 30.5 Å². The Kier molecular flexibility index (Phi) is 5.22. The number of aromatic nitrogens is 2. The highest BCUT2D eigenvalue weighted by molar-refractivity contribution is 5.83. The van der Waals surface area contributed by atoms with Crippen molar-refractivity contribution in [3.05, 3.63) is 42.1 Å². The number of benzene rings is 1. The molecule has 0 saturated heterocycles. The zero-order valence-electron chi connectivity index (χ0n) is 14.6. The lowest BCUT2D eigenvalue weighted by molar-refractivity contribution is 0.122. The van der Waals surface area contributed by atoms with Gasteiger partial charge in [0.15, 0.2) is 28.9 Å². The maximum atomic E-state index is 14.1. The van der Waals surface area contributed by atoms with Gasteiger partial charge >= 0.3 is 0 Å². The van der Waals surface area contributed by atoms with Crippen molar-refractivity contribution in [1.82, 2.24) is 9.97 Å². The first kappa shape index (κ1) is 18.6. The second-order valence-electron chi connectivity index (χ2n) is 5.70. The number of aliphatic hydroxyl groups is 1. The molecule has 3 aromatic rings. The molecule has 1 atom stereocenters. The first-order valence-electron chi connectivity index (χ1n) is 7.96. The molecule has 3 N–H and O–H groups in total. The van der Waals surface area contributed by atoms with E-state index in [1.165, 1.54) is 19.4 Å². The van der Waals surface area contributed by atoms with Crippen LogP contribution in [0, 0.1) is 11.6 Å². The summed E-state index contributed by atoms with van der Waals surface area (Å²) in [6, 6.07) is 4.87. The Morgan fingerprint density at radius 3 is 2.52 bits per heavy atom. The third-order valence-corrected chi connectivity index (χ3v) is 3.63. The molecule has 0 aliphatic rings. The van der Waals surface area contributed by atoms with Crippen LogP contribution < -0.4 is 19.9 Å². The molecule has 0 aliphatic heterocycles. The molecule has 0 unspecified atom stereocenters. The van der Waals surface area contributed by atoms with E-state index in [4.69, 9.17) is 19.9 Å². The predicted molar refractivity (Wildman–Crippen MR) is 94.1 cm³/mol. The molecule has 0 aliphatic carbocycles. The summed E-state index contributed by atoms with van der Waals surface area (Å²) in [5.41, 5.74) is 5.92. The summed E-state index contributed by atoms with van der Waals surface area (Å²) in [5, 5.41) is 9.18. The van der Waals surface area contributed by atoms with Gasteiger partial charge in [0.2, 0.25) is 0 Å². The fraction of sp³-hybridized carbons (Fsp3) is 0.222. The highest BCUT2D eigenvalue weighted by Gasteiger charge is 2.18. The van der Waals surface area contributed by atoms with E-state index in [2.05, 4.69) is 9.97 Å². The summed E-state index contributed by atoms with van der Waals surface area (Å²) in [7, 11) is 1.43. The van der Waals surface area contributed by atoms with Crippen LogP contribution in [0.2, 0.25) is 0 Å². The molecule has 9 heteroatoms. The van der Waals surface area contributed by atoms with Gasteiger partial charge in [0.1, 0.15) is 11.6 Å². The molecular formula is C18H17F2N3O4. The van der Waals surface area contributed by atoms with Crippen LogP contribution in [-0.4, -0.2) is 34.9 Å². The standard InChI is InChI=1S/C18H17F2N3O4/c1-9(8-24)26-18-15(25-2)7-13-16(23-18)14(3-4-22-13)27-17-11(19)5-10(21)6-12(17)20/h3-7,9,24H,8,21H2,1-2H3/t9-/m0/s1. The molecule has 27 heavy (non-hydrogen) atoms. The van der Waals surface area contributed by atoms with Crippen LogP contribution in [0.4, 0.5) is 14.5 Å². The van der Waals surface area contributed by atoms with Gasteiger partial charge in [0.25, 0.3) is 5.88 Å². The van der Waals surface area contributed by atoms with Gasteiger partial charge in [-0.25, -0.2) is 13.8 Å². The third-order valence-electron chi connectivity index (χ3n) is 3.63. The number of halogens is 2. The number of ether oxygens (including phenoxy) is 3. The smallest absolute Gasteiger partial charge is 0.258 e. The maximum absolute atomic E-state index is 14.1. The zero-order chi connectivity index (χ0) is 19.6. The van der Waals surface area contributed by atoms with Gasteiger partial charge in [-0.1, -0.05) is 0 Å². The van der Waals surface area contributed by atoms with Crippen LogP contribution in [0.25, 0.3) is 11.0 Å². The highest BCUT2D eigenvalue weighted by Crippen LogP contribution is 2.36. The number of nitrogens with zero attached hydrogens (tertiary/aromatic N) is 2. The maximum Gasteiger partial charge on any atom is 0.258 e. The molecular weight excluding hydrogens is 360 g/mol. The molecule has 142 valence electrons. The third kappa shape index (κ3) is 3.82. The lowest BCUT2D eigenvalue weighted by Gasteiger charge is -2.16. The van der Waals surface area contributed by atoms with Crippen LogP contribution >= 0.6 is 0 Å². The van der Waals surface area contributed by atoms with Gasteiger partial charge in [-0.15, -0.1) is 0 Å². The molecule has 3 rings (SSSR count). The van der Waals surface area contributed by atoms with Crippen molar-refractivity contribution in [2.24, 2.45) is 0 Å². The number of hydrogen-bond acceptors (Lipinski definition) is 7. The first-order chi connectivity index (χ1) is 12.9. The van der Waals surface area contributed by atoms with E-state index < -0.39 is 23.5 Å². The lowest BCUT2D eigenvalue weighted by Crippen LogP contribution is -2.17. The number of nitrogens with two attached hydrogens (primary N) is 1. The van der Waals surface area contributed by atoms with E-state index in [0.717, 1.165) is 12.1 Å². The molecule has 2 heterocycles. The van der Waals surface area contributed by atoms with Gasteiger partial charge in [-0.2, -0.15) is 0 Å². The topological polar surface area (TPSA) is 99.7 Å². The van der Waals surface area contributed by atoms with Crippen LogP contribution in [0.5, 0.6) is 23.1 Å². The molecule has 0 radical (unpaired) electrons. The Bertz CT molecular complexity index is 961. The average molecular weight is 377 g/mol. The van der Waals surface area contributed by atoms with E-state index in [-0.39, 0.29) is 35.2 Å². The minimum absolute atomic E-state index is 0.0616. The fourth-order valence-electron chi connectivity index (χ4n) is 2.34. The average Bonchev–Trinajstić information content (AvgIpc) is 2.64. The Morgan fingerprint density at radius 2 is 1.89 bits per heavy atom. The lowest BCUT2D eigenvalue weighted by atomic mass is 10.2. The van der Waals surface area contributed by atoms with Crippen molar-refractivity contribution in [2.45, 2.75) is 13.0 Å². The number of nitrogen functional groups attached to an aromatic ring is 1. The summed E-state index contributed by atoms with van der Waals surface area (Å²) in [6.45, 7) is 1.41. The number of rotatable bonds is 6. The predicted octanol–water partition coefficient (Wildman–Crippen LogP) is 3.05. The van der Waals surface area contributed by atoms with Gasteiger partial charge in [0.05, 0.1) is 19.2 Å². The quantitative estimate of drug-likeness (QED) is 0.637. The first-order valence-corrected chi connectivity index (χ1v) is 7.96. The molecule has 0 saturated carbocycles. The fourth-order valence-corrected chi connectivity index (χ4v) is 2.34. The van der Waals surface area contributed by atoms with E-state index in [0.29, 0.717) is 5.52 Å². The van der Waals surface area contributed by atoms with Crippen LogP contribution in [-0.2, 0) is 0 Å². The van der Waals surface area contributed by atoms with Crippen molar-refractivity contribution >= 4 is 16.7 Å². The molecule has 0 amide bonds. The summed E-state index contributed by atoms with van der Waals surface area (Å²) >= 11 is 0. The van der Waals surface area contributed by atoms with Gasteiger partial charge in [-0.3, -0.25) is 4.98 Å². The van der Waals surface area contributed by atoms with Crippen molar-refractivity contribution in [1.29, 1.82) is 0 Å². The summed E-state index contributed by atoms with van der Waals surface area (Å²) in [5.74, 6) is -2.07. The summed E-state index contributed by atoms with van der Waals surface area (Å²) < 4.78 is 44.3. The Labute approximate surface area is 153 Å². The molecule has 1 aromatic carbocycles. The Hall–Kier alpha value is -3.20. The largest absolute Gasteiger partial charge is 0.491 e. The number of anilines is 1. The van der Waals surface area contributed by atoms with Crippen molar-refractivity contribution in [2.75, 3.05) is 19.5 Å². The number of aliphatic hydroxyl groups excluding tert-OH is 1. The van der Waals surface area contributed by atoms with E-state index in [9.17, 15) is 13.9 Å². The van der Waals surface area contributed by atoms with Crippen molar-refractivity contribution in [3.8, 4) is 23.1 Å². The van der Waals surface area contributed by atoms with E-state index in [1.807, 2.05) is 0 Å². The van der Waals surface area contributed by atoms with Crippen molar-refractivity contribution in [3.63, 3.8) is 0 Å². The number of pyridine rings is 2. The number of hydrogen-bond donors (Lipinski definition) is 2. The summed E-state index contributed by atoms with van der Waals surface area (Å²) in [4.78, 5) is 8.45. The van der Waals surface area contributed by atoms with Crippen molar-refractivity contribution < 1.29 is 28.1 Å². The highest BCUT2D eigenvalue weighted by atomic mass is 19.1. The second kappa shape index (κ2) is 7.58. The normalized spacial score (nSPS) is 12.0. The van der Waals surface area contributed by atoms with Crippen LogP contribution in [0.1, 0.15) is 6.92 Å². The van der Waals surface area contributed by atoms with Gasteiger partial charge < -0.3 is 25.1 Å². The summed E-state index contributed by atoms with van der Waals surface area (Å²) in [6.07, 6.45) is 0.861. The van der Waals surface area contributed by atoms with Crippen LogP contribution in [0.3, 0.4) is 0 Å². The number of fused-ring (bicyclic) bond motifs is 1. The zero-order valence-corrected chi connectivity index (χ0v) is 14.6. The molecule has 0 spiro atoms. The second-order valence-corrected chi connectivity index (χ2v) is 5.70. The van der Waals surface area contributed by atoms with E-state index in [1.54, 1.807) is 13.0 Å². The minimum Gasteiger partial charge on any atom is -0.491 e. The van der Waals surface area contributed by atoms with E-state index >= 15 is 0 Å². The monoisotopic (exact) mass is 377 g/mol. The van der Waals surface area contributed by atoms with Gasteiger partial charge in [-0.05, 0) is 6.92 Å². The Balaban J connectivity index is 2.10. The minimum atomic E-state index is -0.948. The Morgan fingerprint density at radius 1 is 1.19 bits per heavy atom. The molecule has 2 aromatic heterocycles. The molecule has 7 nitrogen and oxygen atoms in total. The SMILES string of the molecule is COc1cc2nccc(Oc3c(F)cc(N)cc3F)c2nc1O[C@@H](C)CO. The molecule has 0 bridgehead atoms. The number of methoxy groups -OCH3 is 1.